The lowest BCUT2D eigenvalue weighted by Gasteiger charge is -2.35. The molecule has 1 aliphatic heterocycles. The molecule has 0 bridgehead atoms. The van der Waals surface area contributed by atoms with Crippen molar-refractivity contribution >= 4 is 11.8 Å². The monoisotopic (exact) mass is 275 g/mol. The number of amides is 2. The van der Waals surface area contributed by atoms with Crippen LogP contribution in [0.2, 0.25) is 0 Å². The van der Waals surface area contributed by atoms with E-state index in [0.717, 1.165) is 17.7 Å². The van der Waals surface area contributed by atoms with E-state index < -0.39 is 11.9 Å². The van der Waals surface area contributed by atoms with E-state index in [1.54, 1.807) is 4.90 Å². The van der Waals surface area contributed by atoms with Crippen molar-refractivity contribution in [1.82, 2.24) is 10.2 Å². The Labute approximate surface area is 119 Å². The molecule has 0 fully saturated rings. The highest BCUT2D eigenvalue weighted by Crippen LogP contribution is 2.23. The first-order chi connectivity index (χ1) is 9.63. The van der Waals surface area contributed by atoms with Crippen LogP contribution in [0.15, 0.2) is 24.3 Å². The van der Waals surface area contributed by atoms with E-state index in [9.17, 15) is 9.59 Å². The van der Waals surface area contributed by atoms with E-state index in [-0.39, 0.29) is 5.91 Å². The van der Waals surface area contributed by atoms with Crippen LogP contribution in [-0.2, 0) is 22.6 Å². The second-order valence-electron chi connectivity index (χ2n) is 5.02. The van der Waals surface area contributed by atoms with Crippen molar-refractivity contribution < 1.29 is 9.59 Å². The van der Waals surface area contributed by atoms with Crippen molar-refractivity contribution in [2.24, 2.45) is 5.73 Å². The minimum Gasteiger partial charge on any atom is -0.368 e. The van der Waals surface area contributed by atoms with E-state index in [4.69, 9.17) is 5.73 Å². The Bertz CT molecular complexity index is 502. The third-order valence-corrected chi connectivity index (χ3v) is 3.66. The molecule has 1 heterocycles. The molecule has 0 saturated heterocycles. The lowest BCUT2D eigenvalue weighted by atomic mass is 9.93. The van der Waals surface area contributed by atoms with Crippen LogP contribution in [0, 0.1) is 0 Å². The van der Waals surface area contributed by atoms with Gasteiger partial charge in [-0.2, -0.15) is 0 Å². The number of hydrogen-bond acceptors (Lipinski definition) is 3. The Morgan fingerprint density at radius 1 is 1.35 bits per heavy atom. The van der Waals surface area contributed by atoms with Crippen molar-refractivity contribution in [2.45, 2.75) is 32.4 Å². The van der Waals surface area contributed by atoms with E-state index in [0.29, 0.717) is 25.9 Å². The molecule has 108 valence electrons. The molecule has 2 rings (SSSR count). The number of primary amides is 1. The standard InChI is InChI=1S/C15H21N3O2/c1-2-17-8-7-14(19)18-10-12-6-4-3-5-11(12)9-13(18)15(16)20/h3-6,13,17H,2,7-10H2,1H3,(H2,16,20)/t13-/m0/s1. The maximum absolute atomic E-state index is 12.3. The minimum atomic E-state index is -0.529. The molecule has 1 atom stereocenters. The summed E-state index contributed by atoms with van der Waals surface area (Å²) in [6.07, 6.45) is 0.901. The summed E-state index contributed by atoms with van der Waals surface area (Å²) in [5.74, 6) is -0.458. The van der Waals surface area contributed by atoms with Crippen molar-refractivity contribution in [3.63, 3.8) is 0 Å². The Morgan fingerprint density at radius 2 is 2.05 bits per heavy atom. The molecule has 0 aromatic heterocycles. The van der Waals surface area contributed by atoms with Crippen molar-refractivity contribution in [3.05, 3.63) is 35.4 Å². The van der Waals surface area contributed by atoms with Gasteiger partial charge in [0.15, 0.2) is 0 Å². The fraction of sp³-hybridized carbons (Fsp3) is 0.467. The predicted molar refractivity (Wildman–Crippen MR) is 76.8 cm³/mol. The van der Waals surface area contributed by atoms with Gasteiger partial charge in [-0.15, -0.1) is 0 Å². The van der Waals surface area contributed by atoms with Gasteiger partial charge in [0.1, 0.15) is 6.04 Å². The maximum Gasteiger partial charge on any atom is 0.240 e. The number of nitrogens with zero attached hydrogens (tertiary/aromatic N) is 1. The zero-order valence-electron chi connectivity index (χ0n) is 11.8. The average Bonchev–Trinajstić information content (AvgIpc) is 2.46. The second-order valence-corrected chi connectivity index (χ2v) is 5.02. The summed E-state index contributed by atoms with van der Waals surface area (Å²) in [5, 5.41) is 3.12. The number of fused-ring (bicyclic) bond motifs is 1. The Hall–Kier alpha value is -1.88. The zero-order valence-corrected chi connectivity index (χ0v) is 11.8. The number of benzene rings is 1. The molecule has 3 N–H and O–H groups in total. The van der Waals surface area contributed by atoms with Crippen LogP contribution in [0.25, 0.3) is 0 Å². The van der Waals surface area contributed by atoms with E-state index in [2.05, 4.69) is 5.32 Å². The molecule has 1 aromatic carbocycles. The topological polar surface area (TPSA) is 75.4 Å². The third kappa shape index (κ3) is 3.17. The quantitative estimate of drug-likeness (QED) is 0.765. The molecule has 20 heavy (non-hydrogen) atoms. The molecule has 2 amide bonds. The molecule has 1 aliphatic rings. The van der Waals surface area contributed by atoms with Gasteiger partial charge in [-0.25, -0.2) is 0 Å². The highest BCUT2D eigenvalue weighted by atomic mass is 16.2. The molecular weight excluding hydrogens is 254 g/mol. The summed E-state index contributed by atoms with van der Waals surface area (Å²) in [7, 11) is 0. The van der Waals surface area contributed by atoms with Gasteiger partial charge < -0.3 is 16.0 Å². The van der Waals surface area contributed by atoms with Crippen LogP contribution in [-0.4, -0.2) is 35.8 Å². The van der Waals surface area contributed by atoms with Gasteiger partial charge in [0.2, 0.25) is 11.8 Å². The average molecular weight is 275 g/mol. The Balaban J connectivity index is 2.13. The largest absolute Gasteiger partial charge is 0.368 e. The highest BCUT2D eigenvalue weighted by Gasteiger charge is 2.32. The Morgan fingerprint density at radius 3 is 2.70 bits per heavy atom. The van der Waals surface area contributed by atoms with Gasteiger partial charge in [-0.1, -0.05) is 31.2 Å². The Kier molecular flexibility index (Phi) is 4.74. The first-order valence-corrected chi connectivity index (χ1v) is 6.99. The fourth-order valence-corrected chi connectivity index (χ4v) is 2.55. The maximum atomic E-state index is 12.3. The summed E-state index contributed by atoms with van der Waals surface area (Å²) >= 11 is 0. The molecule has 0 unspecified atom stereocenters. The van der Waals surface area contributed by atoms with Crippen molar-refractivity contribution in [3.8, 4) is 0 Å². The van der Waals surface area contributed by atoms with Gasteiger partial charge in [-0.3, -0.25) is 9.59 Å². The smallest absolute Gasteiger partial charge is 0.240 e. The van der Waals surface area contributed by atoms with Crippen LogP contribution in [0.1, 0.15) is 24.5 Å². The second kappa shape index (κ2) is 6.52. The number of hydrogen-bond donors (Lipinski definition) is 2. The van der Waals surface area contributed by atoms with E-state index >= 15 is 0 Å². The molecule has 1 aromatic rings. The summed E-state index contributed by atoms with van der Waals surface area (Å²) in [6, 6.07) is 7.35. The first kappa shape index (κ1) is 14.5. The molecule has 0 radical (unpaired) electrons. The molecular formula is C15H21N3O2. The zero-order chi connectivity index (χ0) is 14.5. The van der Waals surface area contributed by atoms with Crippen molar-refractivity contribution in [2.75, 3.05) is 13.1 Å². The molecule has 5 nitrogen and oxygen atoms in total. The summed E-state index contributed by atoms with van der Waals surface area (Å²) < 4.78 is 0. The third-order valence-electron chi connectivity index (χ3n) is 3.66. The van der Waals surface area contributed by atoms with Gasteiger partial charge in [0.25, 0.3) is 0 Å². The lowest BCUT2D eigenvalue weighted by molar-refractivity contribution is -0.140. The molecule has 5 heteroatoms. The van der Waals surface area contributed by atoms with Gasteiger partial charge >= 0.3 is 0 Å². The number of carbonyl (C=O) groups is 2. The molecule has 0 aliphatic carbocycles. The fourth-order valence-electron chi connectivity index (χ4n) is 2.55. The van der Waals surface area contributed by atoms with Gasteiger partial charge in [-0.05, 0) is 17.7 Å². The summed E-state index contributed by atoms with van der Waals surface area (Å²) in [6.45, 7) is 3.91. The van der Waals surface area contributed by atoms with Gasteiger partial charge in [0.05, 0.1) is 0 Å². The lowest BCUT2D eigenvalue weighted by Crippen LogP contribution is -2.51. The molecule has 0 saturated carbocycles. The van der Waals surface area contributed by atoms with Crippen LogP contribution in [0.3, 0.4) is 0 Å². The summed E-state index contributed by atoms with van der Waals surface area (Å²) in [5.41, 5.74) is 7.66. The van der Waals surface area contributed by atoms with E-state index in [1.165, 1.54) is 0 Å². The number of carbonyl (C=O) groups excluding carboxylic acids is 2. The first-order valence-electron chi connectivity index (χ1n) is 6.99. The number of nitrogens with two attached hydrogens (primary N) is 1. The molecule has 0 spiro atoms. The number of rotatable bonds is 5. The number of nitrogens with one attached hydrogen (secondary N) is 1. The SMILES string of the molecule is CCNCCC(=O)N1Cc2ccccc2C[C@H]1C(N)=O. The van der Waals surface area contributed by atoms with Crippen LogP contribution < -0.4 is 11.1 Å². The predicted octanol–water partition coefficient (Wildman–Crippen LogP) is 0.425. The highest BCUT2D eigenvalue weighted by molar-refractivity contribution is 5.87. The van der Waals surface area contributed by atoms with Gasteiger partial charge in [0, 0.05) is 25.9 Å². The van der Waals surface area contributed by atoms with Crippen LogP contribution in [0.5, 0.6) is 0 Å². The van der Waals surface area contributed by atoms with Crippen LogP contribution in [0.4, 0.5) is 0 Å². The van der Waals surface area contributed by atoms with E-state index in [1.807, 2.05) is 31.2 Å². The van der Waals surface area contributed by atoms with Crippen LogP contribution >= 0.6 is 0 Å². The minimum absolute atomic E-state index is 0.0238. The summed E-state index contributed by atoms with van der Waals surface area (Å²) in [4.78, 5) is 25.5. The normalized spacial score (nSPS) is 17.6. The van der Waals surface area contributed by atoms with Crippen molar-refractivity contribution in [1.29, 1.82) is 0 Å².